The van der Waals surface area contributed by atoms with Crippen LogP contribution >= 0.6 is 7.14 Å². The van der Waals surface area contributed by atoms with Gasteiger partial charge in [0, 0.05) is 12.2 Å². The molecule has 0 N–H and O–H groups in total. The summed E-state index contributed by atoms with van der Waals surface area (Å²) in [6.07, 6.45) is 1.13. The van der Waals surface area contributed by atoms with Gasteiger partial charge in [-0.1, -0.05) is 13.8 Å². The molecule has 74 valence electrons. The van der Waals surface area contributed by atoms with Crippen LogP contribution in [0.1, 0.15) is 20.3 Å². The van der Waals surface area contributed by atoms with E-state index in [1.54, 1.807) is 0 Å². The Hall–Kier alpha value is 0.190. The zero-order valence-corrected chi connectivity index (χ0v) is 9.90. The maximum atomic E-state index is 11.5. The van der Waals surface area contributed by atoms with Crippen molar-refractivity contribution in [1.29, 1.82) is 0 Å². The molecule has 1 rings (SSSR count). The number of likely N-dealkylation sites (tertiary alicyclic amines) is 1. The molecule has 1 unspecified atom stereocenters. The first-order chi connectivity index (χ1) is 5.50. The Labute approximate surface area is 76.7 Å². The van der Waals surface area contributed by atoms with Gasteiger partial charge in [0.05, 0.1) is 7.14 Å². The Morgan fingerprint density at radius 1 is 1.33 bits per heavy atom. The molecule has 1 aliphatic heterocycles. The molecule has 0 spiro atoms. The quantitative estimate of drug-likeness (QED) is 0.593. The second-order valence-electron chi connectivity index (χ2n) is 3.64. The topological polar surface area (TPSA) is 20.3 Å². The molecular formula is C9H22NOP. The van der Waals surface area contributed by atoms with E-state index < -0.39 is 7.14 Å². The highest BCUT2D eigenvalue weighted by Crippen LogP contribution is 2.46. The fourth-order valence-corrected chi connectivity index (χ4v) is 2.83. The second-order valence-corrected chi connectivity index (χ2v) is 7.24. The minimum atomic E-state index is -1.79. The zero-order chi connectivity index (χ0) is 9.78. The summed E-state index contributed by atoms with van der Waals surface area (Å²) < 4.78 is 11.5. The van der Waals surface area contributed by atoms with Crippen LogP contribution in [0.2, 0.25) is 0 Å². The molecule has 2 nitrogen and oxygen atoms in total. The molecular weight excluding hydrogens is 169 g/mol. The highest BCUT2D eigenvalue weighted by molar-refractivity contribution is 7.63. The Bertz CT molecular complexity index is 164. The Kier molecular flexibility index (Phi) is 5.12. The third-order valence-corrected chi connectivity index (χ3v) is 4.43. The first-order valence-corrected chi connectivity index (χ1v) is 7.40. The molecule has 1 saturated heterocycles. The van der Waals surface area contributed by atoms with Crippen molar-refractivity contribution in [3.63, 3.8) is 0 Å². The van der Waals surface area contributed by atoms with Gasteiger partial charge in [-0.05, 0) is 33.3 Å². The van der Waals surface area contributed by atoms with Crippen LogP contribution in [0.3, 0.4) is 0 Å². The van der Waals surface area contributed by atoms with Gasteiger partial charge in [0.15, 0.2) is 0 Å². The van der Waals surface area contributed by atoms with Crippen LogP contribution in [-0.2, 0) is 4.57 Å². The van der Waals surface area contributed by atoms with Crippen LogP contribution in [0.4, 0.5) is 0 Å². The van der Waals surface area contributed by atoms with Crippen LogP contribution in [0.25, 0.3) is 0 Å². The van der Waals surface area contributed by atoms with E-state index in [-0.39, 0.29) is 0 Å². The van der Waals surface area contributed by atoms with Crippen molar-refractivity contribution in [3.8, 4) is 0 Å². The number of hydrogen-bond donors (Lipinski definition) is 0. The molecule has 0 aromatic carbocycles. The molecule has 0 saturated carbocycles. The van der Waals surface area contributed by atoms with Gasteiger partial charge >= 0.3 is 0 Å². The van der Waals surface area contributed by atoms with Gasteiger partial charge in [-0.15, -0.1) is 0 Å². The van der Waals surface area contributed by atoms with Crippen LogP contribution < -0.4 is 0 Å². The maximum Gasteiger partial charge on any atom is 0.0861 e. The van der Waals surface area contributed by atoms with Crippen molar-refractivity contribution >= 4 is 7.14 Å². The monoisotopic (exact) mass is 191 g/mol. The van der Waals surface area contributed by atoms with Crippen molar-refractivity contribution in [2.24, 2.45) is 0 Å². The molecule has 1 atom stereocenters. The normalized spacial score (nSPS) is 24.9. The van der Waals surface area contributed by atoms with Crippen LogP contribution in [0.15, 0.2) is 0 Å². The van der Waals surface area contributed by atoms with Gasteiger partial charge in [-0.2, -0.15) is 0 Å². The summed E-state index contributed by atoms with van der Waals surface area (Å²) in [5.74, 6) is 0. The molecule has 3 heteroatoms. The molecule has 0 radical (unpaired) electrons. The molecule has 0 aromatic heterocycles. The summed E-state index contributed by atoms with van der Waals surface area (Å²) in [7, 11) is 0.301. The van der Waals surface area contributed by atoms with Gasteiger partial charge in [0.25, 0.3) is 0 Å². The first kappa shape index (κ1) is 12.2. The van der Waals surface area contributed by atoms with Gasteiger partial charge in [0.1, 0.15) is 0 Å². The highest BCUT2D eigenvalue weighted by Gasteiger charge is 2.28. The SMILES string of the molecule is CC.CN1CCC(P(C)(C)=O)C1. The second kappa shape index (κ2) is 5.04. The van der Waals surface area contributed by atoms with Gasteiger partial charge in [0.2, 0.25) is 0 Å². The molecule has 1 fully saturated rings. The van der Waals surface area contributed by atoms with E-state index in [0.29, 0.717) is 5.66 Å². The summed E-state index contributed by atoms with van der Waals surface area (Å²) in [6.45, 7) is 9.95. The zero-order valence-electron chi connectivity index (χ0n) is 9.00. The molecule has 1 heterocycles. The van der Waals surface area contributed by atoms with Crippen molar-refractivity contribution in [2.75, 3.05) is 33.5 Å². The van der Waals surface area contributed by atoms with E-state index in [2.05, 4.69) is 11.9 Å². The van der Waals surface area contributed by atoms with E-state index in [1.807, 2.05) is 27.2 Å². The predicted octanol–water partition coefficient (Wildman–Crippen LogP) is 2.34. The van der Waals surface area contributed by atoms with Gasteiger partial charge < -0.3 is 9.46 Å². The molecule has 0 amide bonds. The van der Waals surface area contributed by atoms with Crippen LogP contribution in [0.5, 0.6) is 0 Å². The van der Waals surface area contributed by atoms with Crippen LogP contribution in [0, 0.1) is 0 Å². The Balaban J connectivity index is 0.000000561. The first-order valence-electron chi connectivity index (χ1n) is 4.73. The van der Waals surface area contributed by atoms with E-state index >= 15 is 0 Å². The molecule has 0 aliphatic carbocycles. The van der Waals surface area contributed by atoms with Crippen molar-refractivity contribution < 1.29 is 4.57 Å². The fraction of sp³-hybridized carbons (Fsp3) is 1.00. The third-order valence-electron chi connectivity index (χ3n) is 2.25. The number of rotatable bonds is 1. The summed E-state index contributed by atoms with van der Waals surface area (Å²) in [5, 5.41) is 0. The van der Waals surface area contributed by atoms with E-state index in [4.69, 9.17) is 0 Å². The van der Waals surface area contributed by atoms with Gasteiger partial charge in [-0.25, -0.2) is 0 Å². The fourth-order valence-electron chi connectivity index (χ4n) is 1.42. The molecule has 0 aromatic rings. The average Bonchev–Trinajstić information content (AvgIpc) is 2.39. The standard InChI is InChI=1S/C7H16NOP.C2H6/c1-8-5-4-7(6-8)10(2,3)9;1-2/h7H,4-6H2,1-3H3;1-2H3. The third kappa shape index (κ3) is 3.73. The van der Waals surface area contributed by atoms with Crippen molar-refractivity contribution in [1.82, 2.24) is 4.90 Å². The summed E-state index contributed by atoms with van der Waals surface area (Å²) in [4.78, 5) is 2.25. The van der Waals surface area contributed by atoms with E-state index in [0.717, 1.165) is 19.5 Å². The lowest BCUT2D eigenvalue weighted by Crippen LogP contribution is -2.16. The van der Waals surface area contributed by atoms with E-state index in [9.17, 15) is 4.57 Å². The summed E-state index contributed by atoms with van der Waals surface area (Å²) >= 11 is 0. The predicted molar refractivity (Wildman–Crippen MR) is 56.7 cm³/mol. The minimum Gasteiger partial charge on any atom is -0.324 e. The largest absolute Gasteiger partial charge is 0.324 e. The smallest absolute Gasteiger partial charge is 0.0861 e. The Morgan fingerprint density at radius 2 is 1.83 bits per heavy atom. The highest BCUT2D eigenvalue weighted by atomic mass is 31.2. The van der Waals surface area contributed by atoms with Crippen LogP contribution in [-0.4, -0.2) is 44.0 Å². The Morgan fingerprint density at radius 3 is 2.00 bits per heavy atom. The summed E-state index contributed by atoms with van der Waals surface area (Å²) in [6, 6.07) is 0. The maximum absolute atomic E-state index is 11.5. The molecule has 0 bridgehead atoms. The minimum absolute atomic E-state index is 0.470. The number of hydrogen-bond acceptors (Lipinski definition) is 2. The lowest BCUT2D eigenvalue weighted by atomic mass is 10.4. The average molecular weight is 191 g/mol. The molecule has 1 aliphatic rings. The van der Waals surface area contributed by atoms with Gasteiger partial charge in [-0.3, -0.25) is 0 Å². The molecule has 12 heavy (non-hydrogen) atoms. The van der Waals surface area contributed by atoms with E-state index in [1.165, 1.54) is 0 Å². The lowest BCUT2D eigenvalue weighted by Gasteiger charge is -2.14. The van der Waals surface area contributed by atoms with Crippen molar-refractivity contribution in [3.05, 3.63) is 0 Å². The van der Waals surface area contributed by atoms with Crippen molar-refractivity contribution in [2.45, 2.75) is 25.9 Å². The summed E-state index contributed by atoms with van der Waals surface area (Å²) in [5.41, 5.74) is 0.470. The lowest BCUT2D eigenvalue weighted by molar-refractivity contribution is 0.417. The number of nitrogens with zero attached hydrogens (tertiary/aromatic N) is 1.